The van der Waals surface area contributed by atoms with Crippen LogP contribution in [0.3, 0.4) is 0 Å². The molecule has 2 aromatic heterocycles. The highest BCUT2D eigenvalue weighted by Gasteiger charge is 2.25. The molecule has 38 heavy (non-hydrogen) atoms. The van der Waals surface area contributed by atoms with E-state index in [2.05, 4.69) is 50.4 Å². The van der Waals surface area contributed by atoms with E-state index in [4.69, 9.17) is 4.98 Å². The number of benzene rings is 2. The summed E-state index contributed by atoms with van der Waals surface area (Å²) in [5.74, 6) is 0.196. The van der Waals surface area contributed by atoms with Gasteiger partial charge >= 0.3 is 0 Å². The molecule has 1 amide bonds. The maximum atomic E-state index is 12.4. The highest BCUT2D eigenvalue weighted by molar-refractivity contribution is 6.00. The number of anilines is 4. The number of hydrogen-bond acceptors (Lipinski definition) is 7. The van der Waals surface area contributed by atoms with Gasteiger partial charge in [0, 0.05) is 60.0 Å². The molecule has 1 saturated heterocycles. The van der Waals surface area contributed by atoms with Gasteiger partial charge in [-0.25, -0.2) is 14.4 Å². The fourth-order valence-electron chi connectivity index (χ4n) is 4.60. The minimum Gasteiger partial charge on any atom is -0.380 e. The number of aromatic nitrogens is 3. The van der Waals surface area contributed by atoms with E-state index in [9.17, 15) is 9.18 Å². The average molecular weight is 512 g/mol. The van der Waals surface area contributed by atoms with E-state index in [-0.39, 0.29) is 12.6 Å². The first-order valence-corrected chi connectivity index (χ1v) is 12.7. The SMILES string of the molecule is C=CC(=O)Nc1ccnc(-c2c(CC)ccc3cnc(Nc4ccc(NC5CN(CCF)C5)cc4)nc23)c1. The Morgan fingerprint density at radius 2 is 1.89 bits per heavy atom. The summed E-state index contributed by atoms with van der Waals surface area (Å²) < 4.78 is 12.4. The number of alkyl halides is 1. The van der Waals surface area contributed by atoms with E-state index in [1.165, 1.54) is 6.08 Å². The third-order valence-corrected chi connectivity index (χ3v) is 6.56. The van der Waals surface area contributed by atoms with Crippen molar-refractivity contribution in [2.45, 2.75) is 19.4 Å². The molecule has 0 unspecified atom stereocenters. The van der Waals surface area contributed by atoms with Gasteiger partial charge in [0.2, 0.25) is 11.9 Å². The van der Waals surface area contributed by atoms with Crippen LogP contribution in [0.15, 0.2) is 73.6 Å². The number of likely N-dealkylation sites (tertiary alicyclic amines) is 1. The lowest BCUT2D eigenvalue weighted by atomic mass is 9.98. The van der Waals surface area contributed by atoms with Gasteiger partial charge in [-0.3, -0.25) is 14.7 Å². The van der Waals surface area contributed by atoms with E-state index < -0.39 is 0 Å². The van der Waals surface area contributed by atoms with Gasteiger partial charge in [0.15, 0.2) is 0 Å². The van der Waals surface area contributed by atoms with Crippen LogP contribution in [0.25, 0.3) is 22.2 Å². The number of hydrogen-bond donors (Lipinski definition) is 3. The van der Waals surface area contributed by atoms with Gasteiger partial charge in [-0.2, -0.15) is 0 Å². The van der Waals surface area contributed by atoms with Crippen LogP contribution >= 0.6 is 0 Å². The lowest BCUT2D eigenvalue weighted by molar-refractivity contribution is -0.111. The number of rotatable bonds is 10. The summed E-state index contributed by atoms with van der Waals surface area (Å²) in [4.78, 5) is 27.9. The van der Waals surface area contributed by atoms with Crippen molar-refractivity contribution in [2.24, 2.45) is 0 Å². The maximum absolute atomic E-state index is 12.4. The van der Waals surface area contributed by atoms with Gasteiger partial charge in [-0.15, -0.1) is 0 Å². The van der Waals surface area contributed by atoms with Crippen molar-refractivity contribution in [3.63, 3.8) is 0 Å². The Bertz CT molecular complexity index is 1450. The van der Waals surface area contributed by atoms with E-state index in [1.54, 1.807) is 18.5 Å². The zero-order chi connectivity index (χ0) is 26.5. The molecule has 1 aliphatic rings. The van der Waals surface area contributed by atoms with Gasteiger partial charge in [0.1, 0.15) is 6.67 Å². The molecule has 1 fully saturated rings. The fourth-order valence-corrected chi connectivity index (χ4v) is 4.60. The summed E-state index contributed by atoms with van der Waals surface area (Å²) in [6.45, 7) is 7.51. The molecule has 0 spiro atoms. The lowest BCUT2D eigenvalue weighted by Crippen LogP contribution is -2.55. The number of halogens is 1. The zero-order valence-electron chi connectivity index (χ0n) is 21.2. The van der Waals surface area contributed by atoms with Crippen molar-refractivity contribution in [3.8, 4) is 11.3 Å². The minimum absolute atomic E-state index is 0.280. The van der Waals surface area contributed by atoms with Gasteiger partial charge in [-0.05, 0) is 54.5 Å². The Hall–Kier alpha value is -4.37. The second kappa shape index (κ2) is 11.4. The van der Waals surface area contributed by atoms with Crippen molar-refractivity contribution in [2.75, 3.05) is 42.3 Å². The Kier molecular flexibility index (Phi) is 7.55. The summed E-state index contributed by atoms with van der Waals surface area (Å²) in [6, 6.07) is 16.0. The summed E-state index contributed by atoms with van der Waals surface area (Å²) in [7, 11) is 0. The molecular weight excluding hydrogens is 481 g/mol. The highest BCUT2D eigenvalue weighted by atomic mass is 19.1. The van der Waals surface area contributed by atoms with Crippen LogP contribution < -0.4 is 16.0 Å². The minimum atomic E-state index is -0.304. The molecule has 0 aliphatic carbocycles. The third-order valence-electron chi connectivity index (χ3n) is 6.56. The van der Waals surface area contributed by atoms with Crippen LogP contribution in [-0.2, 0) is 11.2 Å². The van der Waals surface area contributed by atoms with Crippen molar-refractivity contribution >= 4 is 39.8 Å². The van der Waals surface area contributed by atoms with E-state index in [1.807, 2.05) is 36.4 Å². The lowest BCUT2D eigenvalue weighted by Gasteiger charge is -2.39. The molecule has 1 aliphatic heterocycles. The molecule has 9 heteroatoms. The molecule has 2 aromatic carbocycles. The molecule has 8 nitrogen and oxygen atoms in total. The summed E-state index contributed by atoms with van der Waals surface area (Å²) in [5.41, 5.74) is 6.02. The first kappa shape index (κ1) is 25.3. The third kappa shape index (κ3) is 5.63. The van der Waals surface area contributed by atoms with Gasteiger partial charge in [0.05, 0.1) is 17.3 Å². The quantitative estimate of drug-likeness (QED) is 0.252. The van der Waals surface area contributed by atoms with Crippen LogP contribution in [0.4, 0.5) is 27.4 Å². The number of pyridine rings is 1. The van der Waals surface area contributed by atoms with Crippen LogP contribution in [-0.4, -0.2) is 58.1 Å². The van der Waals surface area contributed by atoms with E-state index in [0.29, 0.717) is 24.2 Å². The number of amides is 1. The molecular formula is C29H30FN7O. The fraction of sp³-hybridized carbons (Fsp3) is 0.241. The van der Waals surface area contributed by atoms with Crippen molar-refractivity contribution in [1.82, 2.24) is 19.9 Å². The molecule has 0 atom stereocenters. The molecule has 0 bridgehead atoms. The molecule has 194 valence electrons. The number of nitrogens with zero attached hydrogens (tertiary/aromatic N) is 4. The first-order chi connectivity index (χ1) is 18.6. The molecule has 0 saturated carbocycles. The molecule has 0 radical (unpaired) electrons. The highest BCUT2D eigenvalue weighted by Crippen LogP contribution is 2.32. The summed E-state index contributed by atoms with van der Waals surface area (Å²) in [5, 5.41) is 10.5. The molecule has 3 heterocycles. The number of carbonyl (C=O) groups is 1. The molecule has 4 aromatic rings. The predicted octanol–water partition coefficient (Wildman–Crippen LogP) is 5.19. The molecule has 3 N–H and O–H groups in total. The average Bonchev–Trinajstić information content (AvgIpc) is 2.92. The van der Waals surface area contributed by atoms with Gasteiger partial charge in [0.25, 0.3) is 0 Å². The predicted molar refractivity (Wildman–Crippen MR) is 151 cm³/mol. The number of fused-ring (bicyclic) bond motifs is 1. The van der Waals surface area contributed by atoms with Crippen LogP contribution in [0, 0.1) is 0 Å². The van der Waals surface area contributed by atoms with Crippen LogP contribution in [0.5, 0.6) is 0 Å². The topological polar surface area (TPSA) is 95.1 Å². The first-order valence-electron chi connectivity index (χ1n) is 12.7. The number of carbonyl (C=O) groups excluding carboxylic acids is 1. The second-order valence-corrected chi connectivity index (χ2v) is 9.20. The van der Waals surface area contributed by atoms with Crippen molar-refractivity contribution in [3.05, 3.63) is 79.1 Å². The number of nitrogens with one attached hydrogen (secondary N) is 3. The van der Waals surface area contributed by atoms with Crippen molar-refractivity contribution < 1.29 is 9.18 Å². The Morgan fingerprint density at radius 3 is 2.63 bits per heavy atom. The smallest absolute Gasteiger partial charge is 0.247 e. The number of aryl methyl sites for hydroxylation is 1. The summed E-state index contributed by atoms with van der Waals surface area (Å²) in [6.07, 6.45) is 5.50. The van der Waals surface area contributed by atoms with Crippen LogP contribution in [0.2, 0.25) is 0 Å². The van der Waals surface area contributed by atoms with Gasteiger partial charge < -0.3 is 16.0 Å². The largest absolute Gasteiger partial charge is 0.380 e. The zero-order valence-corrected chi connectivity index (χ0v) is 21.2. The normalized spacial score (nSPS) is 13.6. The Balaban J connectivity index is 1.38. The van der Waals surface area contributed by atoms with E-state index >= 15 is 0 Å². The van der Waals surface area contributed by atoms with E-state index in [0.717, 1.165) is 58.6 Å². The molecule has 5 rings (SSSR count). The Labute approximate surface area is 221 Å². The summed E-state index contributed by atoms with van der Waals surface area (Å²) >= 11 is 0. The van der Waals surface area contributed by atoms with Crippen molar-refractivity contribution in [1.29, 1.82) is 0 Å². The second-order valence-electron chi connectivity index (χ2n) is 9.20. The monoisotopic (exact) mass is 511 g/mol. The standard InChI is InChI=1S/C29H30FN7O/c1-3-19-5-6-20-16-32-29(35-22-9-7-21(8-10-22)33-24-17-37(18-24)14-12-30)36-28(20)27(19)25-15-23(11-13-31-25)34-26(38)4-2/h4-11,13,15-16,24,33H,2-3,12,14,17-18H2,1H3,(H,31,34,38)(H,32,35,36). The van der Waals surface area contributed by atoms with Gasteiger partial charge in [-0.1, -0.05) is 25.6 Å². The Morgan fingerprint density at radius 1 is 1.11 bits per heavy atom. The van der Waals surface area contributed by atoms with Crippen LogP contribution in [0.1, 0.15) is 12.5 Å². The maximum Gasteiger partial charge on any atom is 0.247 e.